The maximum Gasteiger partial charge on any atom is 0.494 e. The van der Waals surface area contributed by atoms with E-state index >= 15 is 0 Å². The molecule has 0 bridgehead atoms. The van der Waals surface area contributed by atoms with Gasteiger partial charge in [0.15, 0.2) is 22.3 Å². The lowest BCUT2D eigenvalue weighted by atomic mass is 9.49. The van der Waals surface area contributed by atoms with Gasteiger partial charge < -0.3 is 72.2 Å². The van der Waals surface area contributed by atoms with E-state index in [4.69, 9.17) is 61.5 Å². The molecule has 3 aliphatic rings. The number of aromatic nitrogens is 6. The Morgan fingerprint density at radius 2 is 0.609 bits per heavy atom. The molecule has 9 heterocycles. The van der Waals surface area contributed by atoms with E-state index in [0.29, 0.717) is 55.0 Å². The van der Waals surface area contributed by atoms with Crippen molar-refractivity contribution in [2.24, 2.45) is 0 Å². The van der Waals surface area contributed by atoms with Gasteiger partial charge in [0, 0.05) is 89.1 Å². The first kappa shape index (κ1) is 100. The summed E-state index contributed by atoms with van der Waals surface area (Å²) in [6.07, 6.45) is 3.60. The summed E-state index contributed by atoms with van der Waals surface area (Å²) >= 11 is 20.0. The number of carbonyl (C=O) groups is 4. The second-order valence-corrected chi connectivity index (χ2v) is 40.3. The number of halogens is 6. The zero-order chi connectivity index (χ0) is 98.3. The summed E-state index contributed by atoms with van der Waals surface area (Å²) in [6.45, 7) is 24.4. The van der Waals surface area contributed by atoms with Crippen molar-refractivity contribution in [3.8, 4) is 45.8 Å². The number of rotatable bonds is 12. The van der Waals surface area contributed by atoms with Crippen LogP contribution in [-0.2, 0) is 27.9 Å². The number of amides is 2. The number of carboxylic acid groups (broad SMARTS) is 2. The van der Waals surface area contributed by atoms with Crippen molar-refractivity contribution in [1.29, 1.82) is 0 Å². The van der Waals surface area contributed by atoms with Gasteiger partial charge in [0.2, 0.25) is 23.6 Å². The molecule has 0 atom stereocenters. The van der Waals surface area contributed by atoms with Crippen molar-refractivity contribution in [2.45, 2.75) is 117 Å². The van der Waals surface area contributed by atoms with Crippen LogP contribution in [0.5, 0.6) is 0 Å². The van der Waals surface area contributed by atoms with Crippen LogP contribution in [0.3, 0.4) is 0 Å². The molecule has 0 saturated carbocycles. The third-order valence-electron chi connectivity index (χ3n) is 23.6. The van der Waals surface area contributed by atoms with Gasteiger partial charge in [0.25, 0.3) is 11.8 Å². The molecule has 18 aromatic rings. The minimum atomic E-state index is -1.15. The van der Waals surface area contributed by atoms with E-state index in [9.17, 15) is 19.2 Å². The number of pyridine rings is 2. The number of para-hydroxylation sites is 11. The molecule has 0 unspecified atom stereocenters. The number of nitrogens with one attached hydrogen (secondary N) is 2. The monoisotopic (exact) mass is 2230 g/mol. The van der Waals surface area contributed by atoms with Crippen molar-refractivity contribution < 1.29 is 75.0 Å². The van der Waals surface area contributed by atoms with Crippen LogP contribution >= 0.6 is 95.6 Å². The van der Waals surface area contributed by atoms with Gasteiger partial charge in [-0.25, -0.2) is 29.5 Å². The van der Waals surface area contributed by atoms with Crippen molar-refractivity contribution in [3.63, 3.8) is 0 Å². The van der Waals surface area contributed by atoms with Crippen LogP contribution in [0, 0.1) is 0 Å². The lowest BCUT2D eigenvalue weighted by molar-refractivity contribution is 0.00578. The molecule has 34 heteroatoms. The number of fused-ring (bicyclic) bond motifs is 7. The standard InChI is InChI=1S/C26H23BN2O4.C20H13Br3N2O2.C20H11BrN2O2.C12H24B2O4.C12H8N2.C8H5BrO4.C6H6BrN/c1-25(2)26(3,4)33-27(32-25)18-14-16(23-28-19-9-5-7-11-21(19)30-23)13-17(15-18)24-29-20-10-6-8-12-22(20)31-24;21-14-10-12(19(26)24-17-7-3-1-5-15(17)22)9-13(11-14)20(27)25-18-8-4-2-6-16(18)23;21-14-10-12(19-22-15-5-1-3-7-17(15)24-19)9-13(11-14)20-23-16-6-2-4-8-18(16)25-20;1-9(2)10(3,4)16-13(15-9)14-17-11(5,6)12(7,8)18-14;1-3-9-5-6-10-4-2-8-14-12(10)11(9)13-7-1;9-6-2-4(7(10)11)1-5(3-6)8(12)13;7-5-3-1-2-4-6(5)8/h5-15H,1-4H3;1-11H,(H,24,26)(H,25,27);1-11H;1-8H3;1-8H;1-3H,(H,10,11)(H,12,13);1-4H,8H2. The molecule has 0 aliphatic carbocycles. The SMILES string of the molecule is Brc1cc(-c2nc3ccccc3o2)cc(-c2nc3ccccc3o2)c1.CC1(C)OB(B2OC(C)(C)C(C)(C)O2)OC1(C)C.CC1(C)OB(c2cc(-c3nc4ccccc4o3)cc(-c3nc4ccccc4o3)c2)OC1(C)C.Nc1ccccc1Br.O=C(Nc1ccccc1Br)c1cc(Br)cc(C(=O)Nc2ccccc2Br)c1.O=C(O)c1cc(Br)cc(C(=O)O)c1.c1cnc2c(c1)ccc1cccnc12. The van der Waals surface area contributed by atoms with Crippen LogP contribution in [0.25, 0.3) is 112 Å². The van der Waals surface area contributed by atoms with Gasteiger partial charge in [0.05, 0.1) is 67.1 Å². The van der Waals surface area contributed by atoms with Crippen LogP contribution < -0.4 is 21.8 Å². The zero-order valence-electron chi connectivity index (χ0n) is 76.6. The third kappa shape index (κ3) is 23.7. The van der Waals surface area contributed by atoms with Gasteiger partial charge in [-0.1, -0.05) is 157 Å². The number of anilines is 3. The van der Waals surface area contributed by atoms with Gasteiger partial charge in [-0.2, -0.15) is 0 Å². The summed E-state index contributed by atoms with van der Waals surface area (Å²) < 4.78 is 64.9. The molecule has 2 amide bonds. The molecule has 3 aliphatic heterocycles. The van der Waals surface area contributed by atoms with Gasteiger partial charge in [-0.3, -0.25) is 19.6 Å². The number of hydrogen-bond acceptors (Lipinski definition) is 21. The Kier molecular flexibility index (Phi) is 30.7. The molecule has 3 saturated heterocycles. The predicted molar refractivity (Wildman–Crippen MR) is 562 cm³/mol. The Morgan fingerprint density at radius 1 is 0.319 bits per heavy atom. The first-order chi connectivity index (χ1) is 65.6. The van der Waals surface area contributed by atoms with Gasteiger partial charge >= 0.3 is 33.1 Å². The summed E-state index contributed by atoms with van der Waals surface area (Å²) in [7, 11) is -1.49. The van der Waals surface area contributed by atoms with Crippen LogP contribution in [0.1, 0.15) is 125 Å². The minimum Gasteiger partial charge on any atom is -0.478 e. The Morgan fingerprint density at radius 3 is 0.928 bits per heavy atom. The quantitative estimate of drug-likeness (QED) is 0.0431. The number of carboxylic acids is 2. The lowest BCUT2D eigenvalue weighted by Gasteiger charge is -2.32. The molecule has 0 spiro atoms. The second-order valence-electron chi connectivity index (χ2n) is 35.0. The summed E-state index contributed by atoms with van der Waals surface area (Å²) in [6, 6.07) is 85.8. The van der Waals surface area contributed by atoms with Gasteiger partial charge in [-0.05, 0) is 306 Å². The van der Waals surface area contributed by atoms with Crippen LogP contribution in [0.4, 0.5) is 17.1 Å². The Bertz CT molecular complexity index is 7000. The maximum absolute atomic E-state index is 12.6. The number of nitrogens with zero attached hydrogens (tertiary/aromatic N) is 6. The first-order valence-corrected chi connectivity index (χ1v) is 48.1. The van der Waals surface area contributed by atoms with Gasteiger partial charge in [0.1, 0.15) is 22.1 Å². The number of nitrogen functional groups attached to an aromatic ring is 1. The normalized spacial score (nSPS) is 14.9. The largest absolute Gasteiger partial charge is 0.494 e. The van der Waals surface area contributed by atoms with Crippen molar-refractivity contribution in [3.05, 3.63) is 341 Å². The highest BCUT2D eigenvalue weighted by Crippen LogP contribution is 2.45. The Balaban J connectivity index is 0.000000127. The molecule has 698 valence electrons. The molecule has 6 N–H and O–H groups in total. The highest BCUT2D eigenvalue weighted by atomic mass is 79.9. The van der Waals surface area contributed by atoms with Crippen LogP contribution in [-0.4, -0.2) is 119 Å². The highest BCUT2D eigenvalue weighted by molar-refractivity contribution is 9.11. The number of benzene rings is 12. The van der Waals surface area contributed by atoms with E-state index in [0.717, 1.165) is 124 Å². The van der Waals surface area contributed by atoms with Crippen LogP contribution in [0.15, 0.2) is 336 Å². The van der Waals surface area contributed by atoms with Crippen molar-refractivity contribution in [2.75, 3.05) is 16.4 Å². The van der Waals surface area contributed by atoms with Crippen molar-refractivity contribution >= 4 is 229 Å². The molecule has 21 rings (SSSR count). The zero-order valence-corrected chi connectivity index (χ0v) is 86.1. The maximum atomic E-state index is 12.6. The van der Waals surface area contributed by atoms with Gasteiger partial charge in [-0.15, -0.1) is 0 Å². The predicted octanol–water partition coefficient (Wildman–Crippen LogP) is 27.1. The number of carbonyl (C=O) groups excluding carboxylic acids is 2. The highest BCUT2D eigenvalue weighted by Gasteiger charge is 2.64. The number of nitrogens with two attached hydrogens (primary N) is 1. The number of oxazole rings is 4. The first-order valence-electron chi connectivity index (χ1n) is 43.4. The Labute approximate surface area is 846 Å². The summed E-state index contributed by atoms with van der Waals surface area (Å²) in [5, 5.41) is 25.1. The Hall–Kier alpha value is -12.1. The van der Waals surface area contributed by atoms with E-state index in [-0.39, 0.29) is 45.3 Å². The van der Waals surface area contributed by atoms with E-state index in [1.807, 2.05) is 289 Å². The number of hydrogen-bond donors (Lipinski definition) is 5. The van der Waals surface area contributed by atoms with E-state index in [2.05, 4.69) is 160 Å². The summed E-state index contributed by atoms with van der Waals surface area (Å²) in [5.41, 5.74) is 18.3. The molecule has 6 aromatic heterocycles. The summed E-state index contributed by atoms with van der Waals surface area (Å²) in [4.78, 5) is 73.4. The lowest BCUT2D eigenvalue weighted by Crippen LogP contribution is -2.41. The van der Waals surface area contributed by atoms with E-state index in [1.165, 1.54) is 12.1 Å². The van der Waals surface area contributed by atoms with E-state index < -0.39 is 44.3 Å². The second kappa shape index (κ2) is 42.3. The molecule has 138 heavy (non-hydrogen) atoms. The fraction of sp³-hybridized carbons (Fsp3) is 0.173. The minimum absolute atomic E-state index is 0.0493. The molecule has 25 nitrogen and oxygen atoms in total. The smallest absolute Gasteiger partial charge is 0.478 e. The van der Waals surface area contributed by atoms with Crippen molar-refractivity contribution in [1.82, 2.24) is 29.9 Å². The molecular weight excluding hydrogens is 2140 g/mol. The average Bonchev–Trinajstić information content (AvgIpc) is 1.63. The number of aromatic carboxylic acids is 2. The molecular formula is C104H90B3Br6N9O16. The molecule has 0 radical (unpaired) electrons. The fourth-order valence-electron chi connectivity index (χ4n) is 14.2. The average molecular weight is 2230 g/mol. The fourth-order valence-corrected chi connectivity index (χ4v) is 16.7. The summed E-state index contributed by atoms with van der Waals surface area (Å²) in [5.74, 6) is -0.734. The van der Waals surface area contributed by atoms with E-state index in [1.54, 1.807) is 42.7 Å². The molecule has 3 fully saturated rings. The third-order valence-corrected chi connectivity index (χ3v) is 27.1. The topological polar surface area (TPSA) is 344 Å². The van der Waals surface area contributed by atoms with Crippen LogP contribution in [0.2, 0.25) is 0 Å². The molecule has 12 aromatic carbocycles.